The van der Waals surface area contributed by atoms with E-state index in [2.05, 4.69) is 15.6 Å². The number of nitrogens with one attached hydrogen (secondary N) is 2. The van der Waals surface area contributed by atoms with Crippen LogP contribution in [0.3, 0.4) is 0 Å². The second-order valence-electron chi connectivity index (χ2n) is 3.43. The van der Waals surface area contributed by atoms with Crippen molar-refractivity contribution in [1.29, 1.82) is 0 Å². The zero-order valence-corrected chi connectivity index (χ0v) is 9.84. The highest BCUT2D eigenvalue weighted by molar-refractivity contribution is 5.91. The SMILES string of the molecule is CC(=O)NCC(=O)N/C(C=O)=C\c1ccccn1. The standard InChI is InChI=1S/C12H13N3O3/c1-9(17)14-7-12(18)15-11(8-16)6-10-4-2-3-5-13-10/h2-6,8H,7H2,1H3,(H,14,17)(H,15,18)/b11-6-. The van der Waals surface area contributed by atoms with Gasteiger partial charge < -0.3 is 10.6 Å². The van der Waals surface area contributed by atoms with Crippen molar-refractivity contribution in [3.63, 3.8) is 0 Å². The van der Waals surface area contributed by atoms with E-state index in [-0.39, 0.29) is 18.1 Å². The van der Waals surface area contributed by atoms with Crippen LogP contribution in [0.5, 0.6) is 0 Å². The molecule has 0 aliphatic rings. The lowest BCUT2D eigenvalue weighted by Gasteiger charge is -2.04. The van der Waals surface area contributed by atoms with Gasteiger partial charge in [-0.15, -0.1) is 0 Å². The maximum atomic E-state index is 11.4. The van der Waals surface area contributed by atoms with E-state index in [1.54, 1.807) is 24.4 Å². The third-order valence-electron chi connectivity index (χ3n) is 1.90. The van der Waals surface area contributed by atoms with Crippen molar-refractivity contribution in [2.75, 3.05) is 6.54 Å². The summed E-state index contributed by atoms with van der Waals surface area (Å²) in [5.41, 5.74) is 0.642. The van der Waals surface area contributed by atoms with Crippen LogP contribution in [0.1, 0.15) is 12.6 Å². The van der Waals surface area contributed by atoms with Crippen molar-refractivity contribution in [1.82, 2.24) is 15.6 Å². The Hall–Kier alpha value is -2.50. The fraction of sp³-hybridized carbons (Fsp3) is 0.167. The third-order valence-corrected chi connectivity index (χ3v) is 1.90. The maximum absolute atomic E-state index is 11.4. The van der Waals surface area contributed by atoms with E-state index >= 15 is 0 Å². The van der Waals surface area contributed by atoms with E-state index in [0.29, 0.717) is 12.0 Å². The van der Waals surface area contributed by atoms with Gasteiger partial charge in [-0.1, -0.05) is 6.07 Å². The maximum Gasteiger partial charge on any atom is 0.243 e. The summed E-state index contributed by atoms with van der Waals surface area (Å²) in [6.45, 7) is 1.13. The summed E-state index contributed by atoms with van der Waals surface area (Å²) in [5.74, 6) is -0.786. The average Bonchev–Trinajstić information content (AvgIpc) is 2.37. The summed E-state index contributed by atoms with van der Waals surface area (Å²) in [4.78, 5) is 36.7. The predicted molar refractivity (Wildman–Crippen MR) is 65.1 cm³/mol. The van der Waals surface area contributed by atoms with Crippen LogP contribution in [0.15, 0.2) is 30.1 Å². The Morgan fingerprint density at radius 1 is 1.39 bits per heavy atom. The van der Waals surface area contributed by atoms with Gasteiger partial charge in [-0.25, -0.2) is 0 Å². The lowest BCUT2D eigenvalue weighted by molar-refractivity contribution is -0.124. The molecule has 0 saturated carbocycles. The van der Waals surface area contributed by atoms with E-state index in [9.17, 15) is 14.4 Å². The fourth-order valence-corrected chi connectivity index (χ4v) is 1.13. The van der Waals surface area contributed by atoms with Crippen LogP contribution in [0.25, 0.3) is 6.08 Å². The molecule has 0 unspecified atom stereocenters. The predicted octanol–water partition coefficient (Wildman–Crippen LogP) is -0.126. The summed E-state index contributed by atoms with van der Waals surface area (Å²) < 4.78 is 0. The molecular formula is C12H13N3O3. The summed E-state index contributed by atoms with van der Waals surface area (Å²) in [7, 11) is 0. The Kier molecular flexibility index (Phi) is 5.24. The second kappa shape index (κ2) is 6.95. The molecule has 0 atom stereocenters. The first kappa shape index (κ1) is 13.6. The number of aromatic nitrogens is 1. The molecule has 0 spiro atoms. The molecule has 0 aromatic carbocycles. The molecule has 1 rings (SSSR count). The number of aldehydes is 1. The molecule has 0 saturated heterocycles. The van der Waals surface area contributed by atoms with E-state index in [0.717, 1.165) is 0 Å². The Balaban J connectivity index is 2.62. The van der Waals surface area contributed by atoms with Crippen LogP contribution >= 0.6 is 0 Å². The van der Waals surface area contributed by atoms with Crippen molar-refractivity contribution in [2.45, 2.75) is 6.92 Å². The first-order chi connectivity index (χ1) is 8.61. The molecule has 94 valence electrons. The van der Waals surface area contributed by atoms with Crippen molar-refractivity contribution in [3.05, 3.63) is 35.8 Å². The normalized spacial score (nSPS) is 10.6. The highest BCUT2D eigenvalue weighted by Crippen LogP contribution is 1.99. The molecule has 0 bridgehead atoms. The zero-order chi connectivity index (χ0) is 13.4. The van der Waals surface area contributed by atoms with E-state index in [4.69, 9.17) is 0 Å². The van der Waals surface area contributed by atoms with Gasteiger partial charge in [-0.2, -0.15) is 0 Å². The number of carbonyl (C=O) groups is 3. The number of hydrogen-bond donors (Lipinski definition) is 2. The van der Waals surface area contributed by atoms with E-state index in [1.807, 2.05) is 0 Å². The molecule has 0 fully saturated rings. The number of amides is 2. The van der Waals surface area contributed by atoms with Crippen molar-refractivity contribution in [2.24, 2.45) is 0 Å². The molecule has 1 aromatic heterocycles. The van der Waals surface area contributed by atoms with Crippen molar-refractivity contribution < 1.29 is 14.4 Å². The van der Waals surface area contributed by atoms with Crippen molar-refractivity contribution >= 4 is 24.2 Å². The molecule has 0 aliphatic heterocycles. The fourth-order valence-electron chi connectivity index (χ4n) is 1.13. The van der Waals surface area contributed by atoms with E-state index < -0.39 is 5.91 Å². The Labute approximate surface area is 104 Å². The number of allylic oxidation sites excluding steroid dienone is 1. The molecule has 6 heteroatoms. The van der Waals surface area contributed by atoms with Gasteiger partial charge in [0.15, 0.2) is 6.29 Å². The average molecular weight is 247 g/mol. The minimum absolute atomic E-state index is 0.0871. The molecule has 18 heavy (non-hydrogen) atoms. The lowest BCUT2D eigenvalue weighted by atomic mass is 10.3. The summed E-state index contributed by atoms with van der Waals surface area (Å²) in [6, 6.07) is 5.21. The molecule has 6 nitrogen and oxygen atoms in total. The van der Waals surface area contributed by atoms with Crippen LogP contribution in [0.4, 0.5) is 0 Å². The topological polar surface area (TPSA) is 88.2 Å². The lowest BCUT2D eigenvalue weighted by Crippen LogP contribution is -2.35. The molecule has 1 heterocycles. The number of hydrogen-bond acceptors (Lipinski definition) is 4. The highest BCUT2D eigenvalue weighted by atomic mass is 16.2. The Morgan fingerprint density at radius 2 is 2.17 bits per heavy atom. The Bertz CT molecular complexity index is 469. The summed E-state index contributed by atoms with van der Waals surface area (Å²) in [5, 5.41) is 4.70. The number of nitrogens with zero attached hydrogens (tertiary/aromatic N) is 1. The van der Waals surface area contributed by atoms with Crippen LogP contribution in [0.2, 0.25) is 0 Å². The second-order valence-corrected chi connectivity index (χ2v) is 3.43. The van der Waals surface area contributed by atoms with Crippen LogP contribution in [-0.4, -0.2) is 29.6 Å². The van der Waals surface area contributed by atoms with Gasteiger partial charge in [-0.05, 0) is 18.2 Å². The van der Waals surface area contributed by atoms with Gasteiger partial charge >= 0.3 is 0 Å². The largest absolute Gasteiger partial charge is 0.347 e. The number of pyridine rings is 1. The molecular weight excluding hydrogens is 234 g/mol. The quantitative estimate of drug-likeness (QED) is 0.560. The number of rotatable bonds is 5. The van der Waals surface area contributed by atoms with Crippen LogP contribution in [-0.2, 0) is 14.4 Å². The minimum Gasteiger partial charge on any atom is -0.347 e. The summed E-state index contributed by atoms with van der Waals surface area (Å²) >= 11 is 0. The van der Waals surface area contributed by atoms with Gasteiger partial charge in [0.25, 0.3) is 0 Å². The Morgan fingerprint density at radius 3 is 2.72 bits per heavy atom. The zero-order valence-electron chi connectivity index (χ0n) is 9.84. The molecule has 2 N–H and O–H groups in total. The van der Waals surface area contributed by atoms with E-state index in [1.165, 1.54) is 13.0 Å². The first-order valence-corrected chi connectivity index (χ1v) is 5.24. The monoisotopic (exact) mass is 247 g/mol. The van der Waals surface area contributed by atoms with Crippen LogP contribution < -0.4 is 10.6 Å². The third kappa shape index (κ3) is 5.02. The smallest absolute Gasteiger partial charge is 0.243 e. The minimum atomic E-state index is -0.473. The summed E-state index contributed by atoms with van der Waals surface area (Å²) in [6.07, 6.45) is 3.53. The van der Waals surface area contributed by atoms with Crippen molar-refractivity contribution in [3.8, 4) is 0 Å². The molecule has 2 amide bonds. The molecule has 1 aromatic rings. The highest BCUT2D eigenvalue weighted by Gasteiger charge is 2.04. The molecule has 0 radical (unpaired) electrons. The van der Waals surface area contributed by atoms with Gasteiger partial charge in [0.05, 0.1) is 17.9 Å². The van der Waals surface area contributed by atoms with Gasteiger partial charge in [0, 0.05) is 13.1 Å². The molecule has 0 aliphatic carbocycles. The van der Waals surface area contributed by atoms with Gasteiger partial charge in [0.2, 0.25) is 11.8 Å². The number of carbonyl (C=O) groups excluding carboxylic acids is 3. The first-order valence-electron chi connectivity index (χ1n) is 5.24. The van der Waals surface area contributed by atoms with Gasteiger partial charge in [0.1, 0.15) is 0 Å². The van der Waals surface area contributed by atoms with Gasteiger partial charge in [-0.3, -0.25) is 19.4 Å². The van der Waals surface area contributed by atoms with Crippen LogP contribution in [0, 0.1) is 0 Å².